The van der Waals surface area contributed by atoms with E-state index < -0.39 is 0 Å². The Morgan fingerprint density at radius 1 is 1.50 bits per heavy atom. The standard InChI is InChI=1S/C12H17Br2NS/c1-2-5-15-10(6-8-3-4-8)11-7-9(13)12(14)16-11/h7-8,10,15H,2-6H2,1H3. The lowest BCUT2D eigenvalue weighted by Crippen LogP contribution is -2.21. The van der Waals surface area contributed by atoms with Gasteiger partial charge in [-0.25, -0.2) is 0 Å². The van der Waals surface area contributed by atoms with Gasteiger partial charge in [0.1, 0.15) is 0 Å². The Labute approximate surface area is 118 Å². The summed E-state index contributed by atoms with van der Waals surface area (Å²) in [6, 6.07) is 2.81. The summed E-state index contributed by atoms with van der Waals surface area (Å²) < 4.78 is 2.40. The molecule has 1 heterocycles. The van der Waals surface area contributed by atoms with Gasteiger partial charge in [0.25, 0.3) is 0 Å². The second-order valence-electron chi connectivity index (χ2n) is 4.46. The van der Waals surface area contributed by atoms with Crippen LogP contribution in [0, 0.1) is 5.92 Å². The zero-order chi connectivity index (χ0) is 11.5. The van der Waals surface area contributed by atoms with Crippen LogP contribution in [0.1, 0.15) is 43.5 Å². The maximum Gasteiger partial charge on any atom is 0.0843 e. The molecule has 1 N–H and O–H groups in total. The number of nitrogens with one attached hydrogen (secondary N) is 1. The van der Waals surface area contributed by atoms with Gasteiger partial charge in [-0.15, -0.1) is 11.3 Å². The van der Waals surface area contributed by atoms with Crippen molar-refractivity contribution >= 4 is 43.2 Å². The molecular formula is C12H17Br2NS. The van der Waals surface area contributed by atoms with Gasteiger partial charge in [-0.1, -0.05) is 19.8 Å². The van der Waals surface area contributed by atoms with Gasteiger partial charge in [-0.05, 0) is 63.2 Å². The number of thiophene rings is 1. The molecule has 4 heteroatoms. The quantitative estimate of drug-likeness (QED) is 0.737. The van der Waals surface area contributed by atoms with E-state index in [4.69, 9.17) is 0 Å². The second kappa shape index (κ2) is 5.98. The first kappa shape index (κ1) is 13.1. The van der Waals surface area contributed by atoms with Gasteiger partial charge in [0, 0.05) is 15.4 Å². The molecule has 2 rings (SSSR count). The normalized spacial score (nSPS) is 17.7. The first-order chi connectivity index (χ1) is 7.70. The maximum atomic E-state index is 3.67. The Kier molecular flexibility index (Phi) is 4.89. The van der Waals surface area contributed by atoms with Crippen molar-refractivity contribution in [3.05, 3.63) is 19.2 Å². The molecule has 0 radical (unpaired) electrons. The molecule has 1 saturated carbocycles. The Morgan fingerprint density at radius 3 is 2.75 bits per heavy atom. The van der Waals surface area contributed by atoms with Gasteiger partial charge in [-0.3, -0.25) is 0 Å². The van der Waals surface area contributed by atoms with E-state index in [9.17, 15) is 0 Å². The third kappa shape index (κ3) is 3.56. The molecule has 1 unspecified atom stereocenters. The minimum atomic E-state index is 0.556. The third-order valence-electron chi connectivity index (χ3n) is 2.91. The summed E-state index contributed by atoms with van der Waals surface area (Å²) in [4.78, 5) is 1.46. The lowest BCUT2D eigenvalue weighted by Gasteiger charge is -2.16. The highest BCUT2D eigenvalue weighted by molar-refractivity contribution is 9.13. The molecule has 90 valence electrons. The van der Waals surface area contributed by atoms with E-state index in [0.29, 0.717) is 6.04 Å². The SMILES string of the molecule is CCCNC(CC1CC1)c1cc(Br)c(Br)s1. The van der Waals surface area contributed by atoms with E-state index in [1.54, 1.807) is 0 Å². The summed E-state index contributed by atoms with van der Waals surface area (Å²) in [7, 11) is 0. The molecule has 0 saturated heterocycles. The molecule has 1 fully saturated rings. The van der Waals surface area contributed by atoms with Crippen molar-refractivity contribution in [2.75, 3.05) is 6.54 Å². The zero-order valence-corrected chi connectivity index (χ0v) is 13.4. The van der Waals surface area contributed by atoms with Crippen LogP contribution in [0.25, 0.3) is 0 Å². The van der Waals surface area contributed by atoms with Crippen LogP contribution >= 0.6 is 43.2 Å². The molecule has 0 spiro atoms. The van der Waals surface area contributed by atoms with Crippen molar-refractivity contribution in [2.45, 2.75) is 38.6 Å². The smallest absolute Gasteiger partial charge is 0.0843 e. The highest BCUT2D eigenvalue weighted by Crippen LogP contribution is 2.42. The summed E-state index contributed by atoms with van der Waals surface area (Å²) in [5, 5.41) is 3.67. The highest BCUT2D eigenvalue weighted by atomic mass is 79.9. The van der Waals surface area contributed by atoms with Gasteiger partial charge in [-0.2, -0.15) is 0 Å². The topological polar surface area (TPSA) is 12.0 Å². The van der Waals surface area contributed by atoms with Crippen LogP contribution < -0.4 is 5.32 Å². The Hall–Kier alpha value is 0.620. The Morgan fingerprint density at radius 2 is 2.25 bits per heavy atom. The minimum absolute atomic E-state index is 0.556. The lowest BCUT2D eigenvalue weighted by atomic mass is 10.1. The molecule has 0 amide bonds. The van der Waals surface area contributed by atoms with E-state index >= 15 is 0 Å². The van der Waals surface area contributed by atoms with Crippen LogP contribution in [-0.4, -0.2) is 6.54 Å². The van der Waals surface area contributed by atoms with E-state index in [1.165, 1.54) is 38.8 Å². The molecule has 1 nitrogen and oxygen atoms in total. The first-order valence-corrected chi connectivity index (χ1v) is 8.29. The fourth-order valence-electron chi connectivity index (χ4n) is 1.84. The summed E-state index contributed by atoms with van der Waals surface area (Å²) in [6.45, 7) is 3.34. The van der Waals surface area contributed by atoms with Crippen molar-refractivity contribution < 1.29 is 0 Å². The predicted molar refractivity (Wildman–Crippen MR) is 78.1 cm³/mol. The molecule has 1 aliphatic rings. The molecule has 0 bridgehead atoms. The van der Waals surface area contributed by atoms with E-state index in [1.807, 2.05) is 11.3 Å². The molecule has 1 atom stereocenters. The van der Waals surface area contributed by atoms with Gasteiger partial charge >= 0.3 is 0 Å². The van der Waals surface area contributed by atoms with Crippen molar-refractivity contribution in [3.63, 3.8) is 0 Å². The second-order valence-corrected chi connectivity index (χ2v) is 7.71. The van der Waals surface area contributed by atoms with Gasteiger partial charge in [0.15, 0.2) is 0 Å². The third-order valence-corrected chi connectivity index (χ3v) is 6.28. The largest absolute Gasteiger partial charge is 0.309 e. The molecule has 1 aromatic rings. The van der Waals surface area contributed by atoms with Crippen LogP contribution in [0.3, 0.4) is 0 Å². The average Bonchev–Trinajstić information content (AvgIpc) is 3.01. The zero-order valence-electron chi connectivity index (χ0n) is 9.43. The van der Waals surface area contributed by atoms with Crippen LogP contribution in [0.2, 0.25) is 0 Å². The first-order valence-electron chi connectivity index (χ1n) is 5.88. The fraction of sp³-hybridized carbons (Fsp3) is 0.667. The van der Waals surface area contributed by atoms with E-state index in [-0.39, 0.29) is 0 Å². The van der Waals surface area contributed by atoms with Crippen molar-refractivity contribution in [2.24, 2.45) is 5.92 Å². The number of halogens is 2. The van der Waals surface area contributed by atoms with Crippen LogP contribution in [0.5, 0.6) is 0 Å². The maximum absolute atomic E-state index is 3.67. The highest BCUT2D eigenvalue weighted by Gasteiger charge is 2.27. The fourth-order valence-corrected chi connectivity index (χ4v) is 4.02. The molecule has 1 aromatic heterocycles. The molecule has 0 aromatic carbocycles. The van der Waals surface area contributed by atoms with Gasteiger partial charge < -0.3 is 5.32 Å². The Bertz CT molecular complexity index is 327. The van der Waals surface area contributed by atoms with Gasteiger partial charge in [0.2, 0.25) is 0 Å². The number of hydrogen-bond acceptors (Lipinski definition) is 2. The van der Waals surface area contributed by atoms with Crippen LogP contribution in [-0.2, 0) is 0 Å². The van der Waals surface area contributed by atoms with Crippen molar-refractivity contribution in [1.82, 2.24) is 5.32 Å². The molecule has 1 aliphatic carbocycles. The average molecular weight is 367 g/mol. The molecule has 0 aliphatic heterocycles. The Balaban J connectivity index is 2.03. The van der Waals surface area contributed by atoms with Crippen LogP contribution in [0.4, 0.5) is 0 Å². The van der Waals surface area contributed by atoms with Crippen LogP contribution in [0.15, 0.2) is 14.3 Å². The van der Waals surface area contributed by atoms with Crippen molar-refractivity contribution in [1.29, 1.82) is 0 Å². The van der Waals surface area contributed by atoms with E-state index in [2.05, 4.69) is 50.2 Å². The summed E-state index contributed by atoms with van der Waals surface area (Å²) >= 11 is 9.00. The predicted octanol–water partition coefficient (Wildman–Crippen LogP) is 5.11. The molecule has 16 heavy (non-hydrogen) atoms. The summed E-state index contributed by atoms with van der Waals surface area (Å²) in [5.41, 5.74) is 0. The van der Waals surface area contributed by atoms with Gasteiger partial charge in [0.05, 0.1) is 3.79 Å². The minimum Gasteiger partial charge on any atom is -0.309 e. The van der Waals surface area contributed by atoms with Crippen molar-refractivity contribution in [3.8, 4) is 0 Å². The molecular weight excluding hydrogens is 350 g/mol. The van der Waals surface area contributed by atoms with E-state index in [0.717, 1.165) is 12.5 Å². The monoisotopic (exact) mass is 365 g/mol. The number of rotatable bonds is 6. The lowest BCUT2D eigenvalue weighted by molar-refractivity contribution is 0.480. The number of hydrogen-bond donors (Lipinski definition) is 1. The summed E-state index contributed by atoms with van der Waals surface area (Å²) in [5.74, 6) is 0.967. The summed E-state index contributed by atoms with van der Waals surface area (Å²) in [6.07, 6.45) is 5.37.